The van der Waals surface area contributed by atoms with Crippen LogP contribution in [0.4, 0.5) is 11.4 Å². The number of Topliss-reactive ketones (excluding diaryl/α,β-unsaturated/α-hetero) is 1. The Bertz CT molecular complexity index is 528. The lowest BCUT2D eigenvalue weighted by molar-refractivity contribution is 0.101. The Balaban J connectivity index is 1.86. The minimum absolute atomic E-state index is 0.0396. The number of nitrogens with zero attached hydrogens (tertiary/aromatic N) is 2. The third-order valence-electron chi connectivity index (χ3n) is 4.93. The van der Waals surface area contributed by atoms with Crippen molar-refractivity contribution in [2.24, 2.45) is 0 Å². The van der Waals surface area contributed by atoms with Gasteiger partial charge in [0.2, 0.25) is 0 Å². The van der Waals surface area contributed by atoms with E-state index in [-0.39, 0.29) is 5.78 Å². The van der Waals surface area contributed by atoms with E-state index in [1.165, 1.54) is 19.3 Å². The van der Waals surface area contributed by atoms with Gasteiger partial charge in [0.05, 0.1) is 0 Å². The van der Waals surface area contributed by atoms with Gasteiger partial charge in [0.25, 0.3) is 0 Å². The molecule has 2 saturated heterocycles. The molecule has 4 nitrogen and oxygen atoms in total. The van der Waals surface area contributed by atoms with Crippen molar-refractivity contribution in [3.05, 3.63) is 23.8 Å². The Labute approximate surface area is 120 Å². The van der Waals surface area contributed by atoms with E-state index in [0.717, 1.165) is 24.8 Å². The highest BCUT2D eigenvalue weighted by Crippen LogP contribution is 2.31. The van der Waals surface area contributed by atoms with E-state index >= 15 is 0 Å². The number of hydrogen-bond acceptors (Lipinski definition) is 4. The molecule has 1 aromatic rings. The van der Waals surface area contributed by atoms with Crippen molar-refractivity contribution in [1.29, 1.82) is 0 Å². The summed E-state index contributed by atoms with van der Waals surface area (Å²) in [7, 11) is 2.25. The molecule has 4 heteroatoms. The predicted octanol–water partition coefficient (Wildman–Crippen LogP) is 2.14. The Kier molecular flexibility index (Phi) is 3.42. The summed E-state index contributed by atoms with van der Waals surface area (Å²) in [6.45, 7) is 3.69. The van der Waals surface area contributed by atoms with Gasteiger partial charge < -0.3 is 10.6 Å². The van der Waals surface area contributed by atoms with E-state index in [9.17, 15) is 4.79 Å². The number of hydrogen-bond donors (Lipinski definition) is 1. The van der Waals surface area contributed by atoms with Crippen LogP contribution in [0.15, 0.2) is 18.2 Å². The molecular formula is C16H23N3O. The van der Waals surface area contributed by atoms with Crippen LogP contribution in [-0.2, 0) is 0 Å². The predicted molar refractivity (Wildman–Crippen MR) is 82.3 cm³/mol. The number of ketones is 1. The monoisotopic (exact) mass is 273 g/mol. The summed E-state index contributed by atoms with van der Waals surface area (Å²) in [5, 5.41) is 0. The van der Waals surface area contributed by atoms with Crippen molar-refractivity contribution in [2.45, 2.75) is 38.3 Å². The molecule has 0 amide bonds. The largest absolute Gasteiger partial charge is 0.398 e. The molecule has 0 saturated carbocycles. The van der Waals surface area contributed by atoms with Gasteiger partial charge in [-0.2, -0.15) is 0 Å². The van der Waals surface area contributed by atoms with Gasteiger partial charge in [-0.15, -0.1) is 0 Å². The van der Waals surface area contributed by atoms with Crippen molar-refractivity contribution < 1.29 is 4.79 Å². The second kappa shape index (κ2) is 5.09. The standard InChI is InChI=1S/C16H23N3O/c1-11(20)15-9-13(5-6-16(15)17)19-8-7-12-3-4-14(10-19)18(12)2/h5-6,9,12,14H,3-4,7-8,10,17H2,1-2H3. The molecule has 2 N–H and O–H groups in total. The smallest absolute Gasteiger partial charge is 0.161 e. The second-order valence-electron chi connectivity index (χ2n) is 6.11. The molecule has 20 heavy (non-hydrogen) atoms. The maximum Gasteiger partial charge on any atom is 0.161 e. The van der Waals surface area contributed by atoms with E-state index in [1.54, 1.807) is 6.92 Å². The fourth-order valence-corrected chi connectivity index (χ4v) is 3.59. The molecule has 1 aromatic carbocycles. The minimum atomic E-state index is 0.0396. The summed E-state index contributed by atoms with van der Waals surface area (Å²) in [6.07, 6.45) is 3.81. The summed E-state index contributed by atoms with van der Waals surface area (Å²) >= 11 is 0. The molecular weight excluding hydrogens is 250 g/mol. The highest BCUT2D eigenvalue weighted by Gasteiger charge is 2.34. The van der Waals surface area contributed by atoms with E-state index in [0.29, 0.717) is 17.3 Å². The topological polar surface area (TPSA) is 49.6 Å². The molecule has 0 spiro atoms. The molecule has 3 rings (SSSR count). The lowest BCUT2D eigenvalue weighted by atomic mass is 10.1. The minimum Gasteiger partial charge on any atom is -0.398 e. The van der Waals surface area contributed by atoms with Crippen LogP contribution in [0.25, 0.3) is 0 Å². The summed E-state index contributed by atoms with van der Waals surface area (Å²) < 4.78 is 0. The van der Waals surface area contributed by atoms with Crippen LogP contribution in [0.3, 0.4) is 0 Å². The molecule has 0 radical (unpaired) electrons. The molecule has 2 atom stereocenters. The highest BCUT2D eigenvalue weighted by atomic mass is 16.1. The average molecular weight is 273 g/mol. The van der Waals surface area contributed by atoms with E-state index in [2.05, 4.69) is 16.8 Å². The van der Waals surface area contributed by atoms with Crippen LogP contribution in [0.1, 0.15) is 36.5 Å². The van der Waals surface area contributed by atoms with E-state index < -0.39 is 0 Å². The highest BCUT2D eigenvalue weighted by molar-refractivity contribution is 6.00. The zero-order valence-electron chi connectivity index (χ0n) is 12.3. The number of nitrogen functional groups attached to an aromatic ring is 1. The average Bonchev–Trinajstić information content (AvgIpc) is 2.64. The molecule has 2 heterocycles. The summed E-state index contributed by atoms with van der Waals surface area (Å²) in [6, 6.07) is 7.22. The molecule has 2 fully saturated rings. The van der Waals surface area contributed by atoms with Gasteiger partial charge in [-0.05, 0) is 51.4 Å². The van der Waals surface area contributed by atoms with Crippen LogP contribution >= 0.6 is 0 Å². The normalized spacial score (nSPS) is 26.6. The quantitative estimate of drug-likeness (QED) is 0.662. The van der Waals surface area contributed by atoms with E-state index in [1.807, 2.05) is 18.2 Å². The molecule has 0 aromatic heterocycles. The fraction of sp³-hybridized carbons (Fsp3) is 0.562. The molecule has 2 unspecified atom stereocenters. The lowest BCUT2D eigenvalue weighted by Crippen LogP contribution is -2.36. The first-order valence-corrected chi connectivity index (χ1v) is 7.43. The van der Waals surface area contributed by atoms with Crippen molar-refractivity contribution in [2.75, 3.05) is 30.8 Å². The first-order chi connectivity index (χ1) is 9.56. The molecule has 108 valence electrons. The number of carbonyl (C=O) groups is 1. The molecule has 0 aliphatic carbocycles. The van der Waals surface area contributed by atoms with E-state index in [4.69, 9.17) is 5.73 Å². The maximum absolute atomic E-state index is 11.6. The van der Waals surface area contributed by atoms with Crippen LogP contribution in [-0.4, -0.2) is 42.9 Å². The molecule has 2 aliphatic heterocycles. The van der Waals surface area contributed by atoms with Crippen molar-refractivity contribution >= 4 is 17.2 Å². The van der Waals surface area contributed by atoms with Gasteiger partial charge in [-0.1, -0.05) is 0 Å². The van der Waals surface area contributed by atoms with Crippen molar-refractivity contribution in [1.82, 2.24) is 4.90 Å². The number of likely N-dealkylation sites (N-methyl/N-ethyl adjacent to an activating group) is 1. The van der Waals surface area contributed by atoms with Crippen LogP contribution in [0.5, 0.6) is 0 Å². The zero-order chi connectivity index (χ0) is 14.3. The maximum atomic E-state index is 11.6. The van der Waals surface area contributed by atoms with Crippen molar-refractivity contribution in [3.8, 4) is 0 Å². The SMILES string of the molecule is CC(=O)c1cc(N2CCC3CCC(C2)N3C)ccc1N. The summed E-state index contributed by atoms with van der Waals surface area (Å²) in [5.74, 6) is 0.0396. The molecule has 2 aliphatic rings. The number of rotatable bonds is 2. The zero-order valence-corrected chi connectivity index (χ0v) is 12.3. The van der Waals surface area contributed by atoms with Crippen LogP contribution in [0.2, 0.25) is 0 Å². The van der Waals surface area contributed by atoms with Gasteiger partial charge in [-0.25, -0.2) is 0 Å². The van der Waals surface area contributed by atoms with Gasteiger partial charge in [0, 0.05) is 42.1 Å². The van der Waals surface area contributed by atoms with Gasteiger partial charge in [0.1, 0.15) is 0 Å². The first kappa shape index (κ1) is 13.4. The number of benzene rings is 1. The Morgan fingerprint density at radius 2 is 2.00 bits per heavy atom. The number of carbonyl (C=O) groups excluding carboxylic acids is 1. The Morgan fingerprint density at radius 3 is 2.75 bits per heavy atom. The molecule has 2 bridgehead atoms. The van der Waals surface area contributed by atoms with Gasteiger partial charge >= 0.3 is 0 Å². The fourth-order valence-electron chi connectivity index (χ4n) is 3.59. The lowest BCUT2D eigenvalue weighted by Gasteiger charge is -2.28. The van der Waals surface area contributed by atoms with Gasteiger partial charge in [-0.3, -0.25) is 9.69 Å². The van der Waals surface area contributed by atoms with Crippen LogP contribution < -0.4 is 10.6 Å². The summed E-state index contributed by atoms with van der Waals surface area (Å²) in [4.78, 5) is 16.6. The third kappa shape index (κ3) is 2.29. The number of nitrogens with two attached hydrogens (primary N) is 1. The Hall–Kier alpha value is -1.55. The second-order valence-corrected chi connectivity index (χ2v) is 6.11. The third-order valence-corrected chi connectivity index (χ3v) is 4.93. The van der Waals surface area contributed by atoms with Crippen molar-refractivity contribution in [3.63, 3.8) is 0 Å². The Morgan fingerprint density at radius 1 is 1.25 bits per heavy atom. The number of fused-ring (bicyclic) bond motifs is 2. The first-order valence-electron chi connectivity index (χ1n) is 7.43. The number of anilines is 2. The van der Waals surface area contributed by atoms with Crippen LogP contribution in [0, 0.1) is 0 Å². The van der Waals surface area contributed by atoms with Gasteiger partial charge in [0.15, 0.2) is 5.78 Å². The summed E-state index contributed by atoms with van der Waals surface area (Å²) in [5.41, 5.74) is 8.24.